The molecule has 0 aliphatic carbocycles. The van der Waals surface area contributed by atoms with Crippen LogP contribution in [-0.4, -0.2) is 59.4 Å². The Kier molecular flexibility index (Phi) is 7.87. The first-order valence-corrected chi connectivity index (χ1v) is 11.3. The Morgan fingerprint density at radius 2 is 1.82 bits per heavy atom. The van der Waals surface area contributed by atoms with Gasteiger partial charge in [-0.1, -0.05) is 32.0 Å². The van der Waals surface area contributed by atoms with Gasteiger partial charge in [0, 0.05) is 24.2 Å². The van der Waals surface area contributed by atoms with Crippen molar-refractivity contribution in [3.63, 3.8) is 0 Å². The van der Waals surface area contributed by atoms with E-state index in [1.165, 1.54) is 11.0 Å². The van der Waals surface area contributed by atoms with Crippen LogP contribution in [0.25, 0.3) is 5.76 Å². The number of hydrogen-bond acceptors (Lipinski definition) is 5. The normalized spacial score (nSPS) is 17.8. The summed E-state index contributed by atoms with van der Waals surface area (Å²) in [6.07, 6.45) is 0. The summed E-state index contributed by atoms with van der Waals surface area (Å²) < 4.78 is 20.4. The van der Waals surface area contributed by atoms with E-state index in [-0.39, 0.29) is 23.4 Å². The van der Waals surface area contributed by atoms with E-state index in [4.69, 9.17) is 4.74 Å². The minimum atomic E-state index is -1.01. The highest BCUT2D eigenvalue weighted by Gasteiger charge is 2.46. The fourth-order valence-corrected chi connectivity index (χ4v) is 4.19. The molecule has 1 aliphatic heterocycles. The van der Waals surface area contributed by atoms with Crippen molar-refractivity contribution >= 4 is 17.4 Å². The van der Waals surface area contributed by atoms with Crippen molar-refractivity contribution < 1.29 is 23.8 Å². The highest BCUT2D eigenvalue weighted by molar-refractivity contribution is 6.46. The van der Waals surface area contributed by atoms with Crippen molar-refractivity contribution in [3.8, 4) is 5.75 Å². The lowest BCUT2D eigenvalue weighted by Crippen LogP contribution is -2.38. The van der Waals surface area contributed by atoms with E-state index in [0.717, 1.165) is 18.7 Å². The van der Waals surface area contributed by atoms with Crippen molar-refractivity contribution in [1.29, 1.82) is 0 Å². The Balaban J connectivity index is 2.11. The molecule has 3 rings (SSSR count). The number of benzene rings is 2. The van der Waals surface area contributed by atoms with Crippen LogP contribution in [0.3, 0.4) is 0 Å². The zero-order valence-corrected chi connectivity index (χ0v) is 19.6. The van der Waals surface area contributed by atoms with Crippen molar-refractivity contribution in [2.75, 3.05) is 32.8 Å². The molecule has 1 N–H and O–H groups in total. The molecular formula is C26H31FN2O4. The second-order valence-corrected chi connectivity index (χ2v) is 7.95. The second-order valence-electron chi connectivity index (χ2n) is 7.95. The van der Waals surface area contributed by atoms with Crippen LogP contribution in [0.4, 0.5) is 4.39 Å². The Bertz CT molecular complexity index is 1060. The molecule has 0 bridgehead atoms. The molecule has 2 aromatic carbocycles. The van der Waals surface area contributed by atoms with Gasteiger partial charge >= 0.3 is 0 Å². The van der Waals surface area contributed by atoms with Gasteiger partial charge in [-0.25, -0.2) is 4.39 Å². The maximum absolute atomic E-state index is 14.9. The number of ketones is 1. The maximum Gasteiger partial charge on any atom is 0.295 e. The summed E-state index contributed by atoms with van der Waals surface area (Å²) >= 11 is 0. The molecule has 0 saturated carbocycles. The van der Waals surface area contributed by atoms with Crippen LogP contribution in [0.15, 0.2) is 48.0 Å². The molecule has 1 aliphatic rings. The molecule has 2 aromatic rings. The van der Waals surface area contributed by atoms with Gasteiger partial charge in [0.25, 0.3) is 11.7 Å². The van der Waals surface area contributed by atoms with E-state index in [2.05, 4.69) is 4.90 Å². The third-order valence-electron chi connectivity index (χ3n) is 6.04. The Labute approximate surface area is 194 Å². The third kappa shape index (κ3) is 4.93. The number of nitrogens with zero attached hydrogens (tertiary/aromatic N) is 2. The standard InChI is InChI=1S/C26H31FN2O4/c1-5-28(6-2)14-15-29-23(19-10-8-9-11-20(19)27)22(25(31)26(29)32)24(30)18-12-13-21(33-7-3)17(4)16-18/h8-13,16,23,30H,5-7,14-15H2,1-4H3/b24-22+. The Morgan fingerprint density at radius 3 is 2.42 bits per heavy atom. The van der Waals surface area contributed by atoms with E-state index in [1.807, 2.05) is 27.7 Å². The van der Waals surface area contributed by atoms with Crippen molar-refractivity contribution in [2.45, 2.75) is 33.7 Å². The van der Waals surface area contributed by atoms with Gasteiger partial charge in [-0.05, 0) is 56.8 Å². The predicted molar refractivity (Wildman–Crippen MR) is 126 cm³/mol. The number of ether oxygens (including phenoxy) is 1. The van der Waals surface area contributed by atoms with E-state index in [1.54, 1.807) is 36.4 Å². The lowest BCUT2D eigenvalue weighted by molar-refractivity contribution is -0.140. The van der Waals surface area contributed by atoms with Crippen molar-refractivity contribution in [3.05, 3.63) is 70.5 Å². The molecule has 0 radical (unpaired) electrons. The highest BCUT2D eigenvalue weighted by Crippen LogP contribution is 2.40. The summed E-state index contributed by atoms with van der Waals surface area (Å²) in [6.45, 7) is 10.6. The second kappa shape index (κ2) is 10.6. The number of rotatable bonds is 9. The molecule has 1 atom stereocenters. The average Bonchev–Trinajstić information content (AvgIpc) is 3.06. The van der Waals surface area contributed by atoms with Gasteiger partial charge in [0.2, 0.25) is 0 Å². The minimum Gasteiger partial charge on any atom is -0.507 e. The van der Waals surface area contributed by atoms with Crippen LogP contribution in [0.1, 0.15) is 43.5 Å². The smallest absolute Gasteiger partial charge is 0.295 e. The number of aliphatic hydroxyl groups is 1. The lowest BCUT2D eigenvalue weighted by Gasteiger charge is -2.28. The molecule has 176 valence electrons. The molecule has 1 fully saturated rings. The van der Waals surface area contributed by atoms with Gasteiger partial charge in [0.05, 0.1) is 18.2 Å². The molecule has 0 spiro atoms. The van der Waals surface area contributed by atoms with Gasteiger partial charge in [-0.2, -0.15) is 0 Å². The maximum atomic E-state index is 14.9. The van der Waals surface area contributed by atoms with E-state index in [9.17, 15) is 19.1 Å². The largest absolute Gasteiger partial charge is 0.507 e. The van der Waals surface area contributed by atoms with E-state index >= 15 is 0 Å². The van der Waals surface area contributed by atoms with Gasteiger partial charge < -0.3 is 19.6 Å². The quantitative estimate of drug-likeness (QED) is 0.348. The van der Waals surface area contributed by atoms with Crippen molar-refractivity contribution in [1.82, 2.24) is 9.80 Å². The number of halogens is 1. The number of likely N-dealkylation sites (N-methyl/N-ethyl adjacent to an activating group) is 1. The average molecular weight is 455 g/mol. The van der Waals surface area contributed by atoms with Gasteiger partial charge in [0.1, 0.15) is 17.3 Å². The summed E-state index contributed by atoms with van der Waals surface area (Å²) in [4.78, 5) is 29.6. The van der Waals surface area contributed by atoms with E-state index < -0.39 is 23.5 Å². The summed E-state index contributed by atoms with van der Waals surface area (Å²) in [6, 6.07) is 10.1. The van der Waals surface area contributed by atoms with Crippen LogP contribution in [0.2, 0.25) is 0 Å². The number of aliphatic hydroxyl groups excluding tert-OH is 1. The first-order chi connectivity index (χ1) is 15.8. The lowest BCUT2D eigenvalue weighted by atomic mass is 9.94. The third-order valence-corrected chi connectivity index (χ3v) is 6.04. The molecule has 1 amide bonds. The zero-order valence-electron chi connectivity index (χ0n) is 19.6. The summed E-state index contributed by atoms with van der Waals surface area (Å²) in [5.74, 6) is -1.74. The summed E-state index contributed by atoms with van der Waals surface area (Å²) in [5, 5.41) is 11.2. The molecule has 33 heavy (non-hydrogen) atoms. The van der Waals surface area contributed by atoms with Crippen LogP contribution in [-0.2, 0) is 9.59 Å². The number of Topliss-reactive ketones (excluding diaryl/α,β-unsaturated/α-hetero) is 1. The fourth-order valence-electron chi connectivity index (χ4n) is 4.19. The zero-order chi connectivity index (χ0) is 24.1. The first kappa shape index (κ1) is 24.5. The topological polar surface area (TPSA) is 70.1 Å². The highest BCUT2D eigenvalue weighted by atomic mass is 19.1. The number of amides is 1. The number of carbonyl (C=O) groups excluding carboxylic acids is 2. The molecular weight excluding hydrogens is 423 g/mol. The van der Waals surface area contributed by atoms with Gasteiger partial charge in [-0.3, -0.25) is 9.59 Å². The number of likely N-dealkylation sites (tertiary alicyclic amines) is 1. The predicted octanol–water partition coefficient (Wildman–Crippen LogP) is 4.30. The van der Waals surface area contributed by atoms with Crippen molar-refractivity contribution in [2.24, 2.45) is 0 Å². The molecule has 1 saturated heterocycles. The van der Waals surface area contributed by atoms with Crippen LogP contribution >= 0.6 is 0 Å². The molecule has 0 aromatic heterocycles. The van der Waals surface area contributed by atoms with Gasteiger partial charge in [-0.15, -0.1) is 0 Å². The minimum absolute atomic E-state index is 0.104. The van der Waals surface area contributed by atoms with Crippen LogP contribution < -0.4 is 4.74 Å². The Morgan fingerprint density at radius 1 is 1.12 bits per heavy atom. The Hall–Kier alpha value is -3.19. The van der Waals surface area contributed by atoms with Crippen LogP contribution in [0.5, 0.6) is 5.75 Å². The molecule has 1 unspecified atom stereocenters. The number of aryl methyl sites for hydroxylation is 1. The SMILES string of the molecule is CCOc1ccc(/C(O)=C2\C(=O)C(=O)N(CCN(CC)CC)C2c2ccccc2F)cc1C. The first-order valence-electron chi connectivity index (χ1n) is 11.3. The number of hydrogen-bond donors (Lipinski definition) is 1. The van der Waals surface area contributed by atoms with Gasteiger partial charge in [0.15, 0.2) is 0 Å². The summed E-state index contributed by atoms with van der Waals surface area (Å²) in [5.41, 5.74) is 1.23. The van der Waals surface area contributed by atoms with E-state index in [0.29, 0.717) is 24.5 Å². The molecule has 1 heterocycles. The van der Waals surface area contributed by atoms with Crippen LogP contribution in [0, 0.1) is 12.7 Å². The summed E-state index contributed by atoms with van der Waals surface area (Å²) in [7, 11) is 0. The molecule has 6 nitrogen and oxygen atoms in total. The monoisotopic (exact) mass is 454 g/mol. The number of carbonyl (C=O) groups is 2. The fraction of sp³-hybridized carbons (Fsp3) is 0.385. The molecule has 7 heteroatoms.